The minimum Gasteiger partial charge on any atom is -0.339 e. The molecule has 4 nitrogen and oxygen atoms in total. The lowest BCUT2D eigenvalue weighted by atomic mass is 9.99. The van der Waals surface area contributed by atoms with E-state index >= 15 is 0 Å². The van der Waals surface area contributed by atoms with Crippen molar-refractivity contribution in [2.45, 2.75) is 6.92 Å². The molecule has 0 saturated heterocycles. The van der Waals surface area contributed by atoms with E-state index in [0.717, 1.165) is 43.9 Å². The van der Waals surface area contributed by atoms with Crippen molar-refractivity contribution in [1.29, 1.82) is 0 Å². The molecule has 33 heavy (non-hydrogen) atoms. The molecule has 6 rings (SSSR count). The Morgan fingerprint density at radius 3 is 2.55 bits per heavy atom. The molecule has 1 N–H and O–H groups in total. The van der Waals surface area contributed by atoms with Crippen LogP contribution in [0.3, 0.4) is 0 Å². The lowest BCUT2D eigenvalue weighted by Gasteiger charge is -2.12. The number of aromatic amines is 1. The normalized spacial score (nSPS) is 11.3. The number of nitrogens with one attached hydrogen (secondary N) is 1. The van der Waals surface area contributed by atoms with Gasteiger partial charge in [0.2, 0.25) is 0 Å². The number of aromatic nitrogens is 3. The highest BCUT2D eigenvalue weighted by Crippen LogP contribution is 2.37. The van der Waals surface area contributed by atoms with Crippen LogP contribution in [-0.2, 0) is 0 Å². The maximum Gasteiger partial charge on any atom is 0.191 e. The maximum atomic E-state index is 13.2. The Labute approximate surface area is 194 Å². The van der Waals surface area contributed by atoms with E-state index in [0.29, 0.717) is 11.0 Å². The molecule has 158 valence electrons. The first-order chi connectivity index (χ1) is 16.2. The van der Waals surface area contributed by atoms with Crippen LogP contribution in [0.5, 0.6) is 0 Å². The number of fused-ring (bicyclic) bond motifs is 2. The fraction of sp³-hybridized carbons (Fsp3) is 0.0357. The van der Waals surface area contributed by atoms with Gasteiger partial charge in [-0.05, 0) is 54.4 Å². The number of rotatable bonds is 3. The van der Waals surface area contributed by atoms with E-state index in [-0.39, 0.29) is 5.43 Å². The van der Waals surface area contributed by atoms with E-state index in [4.69, 9.17) is 4.98 Å². The fourth-order valence-corrected chi connectivity index (χ4v) is 5.03. The molecule has 0 aliphatic heterocycles. The topological polar surface area (TPSA) is 58.6 Å². The number of aryl methyl sites for hydroxylation is 1. The van der Waals surface area contributed by atoms with E-state index in [1.54, 1.807) is 23.6 Å². The number of benzene rings is 2. The zero-order valence-electron chi connectivity index (χ0n) is 17.9. The Morgan fingerprint density at radius 2 is 1.73 bits per heavy atom. The third-order valence-electron chi connectivity index (χ3n) is 5.79. The summed E-state index contributed by atoms with van der Waals surface area (Å²) in [6, 6.07) is 27.8. The lowest BCUT2D eigenvalue weighted by Crippen LogP contribution is -2.05. The molecule has 0 radical (unpaired) electrons. The average molecular weight is 446 g/mol. The van der Waals surface area contributed by atoms with Crippen molar-refractivity contribution in [3.63, 3.8) is 0 Å². The SMILES string of the molecule is Cc1ccc(-c2nc3[nH]c(-c4ccccc4)cc(=O)c3cc2-c2ccc3ncccc3c2)s1. The van der Waals surface area contributed by atoms with Crippen molar-refractivity contribution in [3.05, 3.63) is 106 Å². The van der Waals surface area contributed by atoms with E-state index in [1.165, 1.54) is 4.88 Å². The highest BCUT2D eigenvalue weighted by molar-refractivity contribution is 7.15. The number of pyridine rings is 3. The molecule has 0 spiro atoms. The number of hydrogen-bond donors (Lipinski definition) is 1. The summed E-state index contributed by atoms with van der Waals surface area (Å²) in [4.78, 5) is 28.3. The van der Waals surface area contributed by atoms with Crippen molar-refractivity contribution in [2.75, 3.05) is 0 Å². The molecule has 5 heteroatoms. The second-order valence-corrected chi connectivity index (χ2v) is 9.30. The highest BCUT2D eigenvalue weighted by Gasteiger charge is 2.16. The van der Waals surface area contributed by atoms with Gasteiger partial charge in [-0.2, -0.15) is 0 Å². The van der Waals surface area contributed by atoms with Crippen LogP contribution in [0.4, 0.5) is 0 Å². The Kier molecular flexibility index (Phi) is 4.63. The van der Waals surface area contributed by atoms with Gasteiger partial charge in [-0.15, -0.1) is 11.3 Å². The summed E-state index contributed by atoms with van der Waals surface area (Å²) >= 11 is 1.70. The third-order valence-corrected chi connectivity index (χ3v) is 6.80. The van der Waals surface area contributed by atoms with Crippen molar-refractivity contribution in [2.24, 2.45) is 0 Å². The van der Waals surface area contributed by atoms with Crippen LogP contribution in [0.2, 0.25) is 0 Å². The minimum atomic E-state index is -0.0484. The molecule has 0 bridgehead atoms. The molecular formula is C28H19N3OS. The summed E-state index contributed by atoms with van der Waals surface area (Å²) in [5.74, 6) is 0. The van der Waals surface area contributed by atoms with Gasteiger partial charge in [0.05, 0.1) is 27.2 Å². The molecule has 4 aromatic heterocycles. The number of thiophene rings is 1. The van der Waals surface area contributed by atoms with Crippen LogP contribution in [0.1, 0.15) is 4.88 Å². The molecule has 6 aromatic rings. The predicted octanol–water partition coefficient (Wildman–Crippen LogP) is 6.84. The Balaban J connectivity index is 1.63. The maximum absolute atomic E-state index is 13.2. The minimum absolute atomic E-state index is 0.0484. The quantitative estimate of drug-likeness (QED) is 0.324. The second-order valence-electron chi connectivity index (χ2n) is 8.02. The van der Waals surface area contributed by atoms with Crippen molar-refractivity contribution < 1.29 is 0 Å². The van der Waals surface area contributed by atoms with Gasteiger partial charge in [-0.1, -0.05) is 42.5 Å². The van der Waals surface area contributed by atoms with Gasteiger partial charge in [0, 0.05) is 28.1 Å². The van der Waals surface area contributed by atoms with E-state index in [1.807, 2.05) is 54.6 Å². The van der Waals surface area contributed by atoms with Gasteiger partial charge in [0.25, 0.3) is 0 Å². The highest BCUT2D eigenvalue weighted by atomic mass is 32.1. The van der Waals surface area contributed by atoms with Gasteiger partial charge in [0.15, 0.2) is 5.43 Å². The first kappa shape index (κ1) is 19.6. The van der Waals surface area contributed by atoms with Crippen LogP contribution in [0, 0.1) is 6.92 Å². The summed E-state index contributed by atoms with van der Waals surface area (Å²) in [5.41, 5.74) is 6.02. The second kappa shape index (κ2) is 7.80. The van der Waals surface area contributed by atoms with E-state index in [9.17, 15) is 4.79 Å². The Morgan fingerprint density at radius 1 is 0.848 bits per heavy atom. The number of hydrogen-bond acceptors (Lipinski definition) is 4. The van der Waals surface area contributed by atoms with Gasteiger partial charge >= 0.3 is 0 Å². The summed E-state index contributed by atoms with van der Waals surface area (Å²) in [5, 5.41) is 1.63. The molecule has 0 unspecified atom stereocenters. The molecule has 0 atom stereocenters. The first-order valence-electron chi connectivity index (χ1n) is 10.7. The molecule has 0 saturated carbocycles. The van der Waals surface area contributed by atoms with Gasteiger partial charge in [-0.3, -0.25) is 9.78 Å². The van der Waals surface area contributed by atoms with Crippen LogP contribution < -0.4 is 5.43 Å². The Hall–Kier alpha value is -4.09. The van der Waals surface area contributed by atoms with Gasteiger partial charge in [0.1, 0.15) is 5.65 Å². The van der Waals surface area contributed by atoms with Crippen molar-refractivity contribution in [3.8, 4) is 33.0 Å². The zero-order valence-corrected chi connectivity index (χ0v) is 18.7. The van der Waals surface area contributed by atoms with Crippen molar-refractivity contribution >= 4 is 33.3 Å². The molecule has 0 fully saturated rings. The Bertz CT molecular complexity index is 1700. The molecule has 0 aliphatic rings. The molecule has 0 aliphatic carbocycles. The van der Waals surface area contributed by atoms with Crippen LogP contribution in [0.15, 0.2) is 95.9 Å². The fourth-order valence-electron chi connectivity index (χ4n) is 4.15. The van der Waals surface area contributed by atoms with Gasteiger partial charge < -0.3 is 4.98 Å². The third kappa shape index (κ3) is 3.52. The summed E-state index contributed by atoms with van der Waals surface area (Å²) < 4.78 is 0. The average Bonchev–Trinajstić information content (AvgIpc) is 3.29. The van der Waals surface area contributed by atoms with Gasteiger partial charge in [-0.25, -0.2) is 4.98 Å². The van der Waals surface area contributed by atoms with E-state index < -0.39 is 0 Å². The molecular weight excluding hydrogens is 426 g/mol. The summed E-state index contributed by atoms with van der Waals surface area (Å²) in [6.07, 6.45) is 1.79. The summed E-state index contributed by atoms with van der Waals surface area (Å²) in [6.45, 7) is 2.09. The van der Waals surface area contributed by atoms with Crippen LogP contribution in [-0.4, -0.2) is 15.0 Å². The lowest BCUT2D eigenvalue weighted by molar-refractivity contribution is 1.28. The standard InChI is InChI=1S/C28H19N3OS/c1-17-9-12-26(33-17)27-21(19-10-11-23-20(14-19)8-5-13-29-23)15-22-25(32)16-24(30-28(22)31-27)18-6-3-2-4-7-18/h2-16H,1H3,(H,30,31,32). The van der Waals surface area contributed by atoms with E-state index in [2.05, 4.69) is 41.2 Å². The van der Waals surface area contributed by atoms with Crippen LogP contribution in [0.25, 0.3) is 54.9 Å². The largest absolute Gasteiger partial charge is 0.339 e. The van der Waals surface area contributed by atoms with Crippen LogP contribution >= 0.6 is 11.3 Å². The predicted molar refractivity (Wildman–Crippen MR) is 137 cm³/mol. The number of H-pyrrole nitrogens is 1. The first-order valence-corrected chi connectivity index (χ1v) is 11.5. The number of nitrogens with zero attached hydrogens (tertiary/aromatic N) is 2. The molecule has 0 amide bonds. The molecule has 2 aromatic carbocycles. The smallest absolute Gasteiger partial charge is 0.191 e. The zero-order chi connectivity index (χ0) is 22.4. The molecule has 4 heterocycles. The monoisotopic (exact) mass is 445 g/mol. The summed E-state index contributed by atoms with van der Waals surface area (Å²) in [7, 11) is 0. The van der Waals surface area contributed by atoms with Crippen molar-refractivity contribution in [1.82, 2.24) is 15.0 Å².